The van der Waals surface area contributed by atoms with Gasteiger partial charge < -0.3 is 9.64 Å². The highest BCUT2D eigenvalue weighted by Crippen LogP contribution is 2.27. The molecule has 0 saturated carbocycles. The van der Waals surface area contributed by atoms with Crippen LogP contribution >= 0.6 is 0 Å². The second kappa shape index (κ2) is 6.00. The van der Waals surface area contributed by atoms with Gasteiger partial charge in [-0.1, -0.05) is 0 Å². The number of nitrogens with one attached hydrogen (secondary N) is 1. The number of hydrogen-bond acceptors (Lipinski definition) is 3. The molecular formula is C13H21N3O2. The fourth-order valence-corrected chi connectivity index (χ4v) is 2.56. The monoisotopic (exact) mass is 251 g/mol. The maximum absolute atomic E-state index is 12.0. The van der Waals surface area contributed by atoms with Crippen molar-refractivity contribution < 1.29 is 9.53 Å². The number of ether oxygens (including phenoxy) is 1. The summed E-state index contributed by atoms with van der Waals surface area (Å²) in [5, 5.41) is 7.13. The lowest BCUT2D eigenvalue weighted by atomic mass is 9.93. The molecule has 0 aliphatic carbocycles. The first-order valence-corrected chi connectivity index (χ1v) is 6.49. The lowest BCUT2D eigenvalue weighted by Crippen LogP contribution is -2.39. The molecule has 0 radical (unpaired) electrons. The van der Waals surface area contributed by atoms with Crippen LogP contribution in [-0.2, 0) is 9.53 Å². The van der Waals surface area contributed by atoms with E-state index in [0.29, 0.717) is 18.9 Å². The lowest BCUT2D eigenvalue weighted by Gasteiger charge is -2.32. The van der Waals surface area contributed by atoms with Gasteiger partial charge in [-0.15, -0.1) is 0 Å². The van der Waals surface area contributed by atoms with Crippen LogP contribution in [0.15, 0.2) is 6.20 Å². The van der Waals surface area contributed by atoms with E-state index in [1.807, 2.05) is 11.1 Å². The van der Waals surface area contributed by atoms with Gasteiger partial charge in [0.1, 0.15) is 0 Å². The molecule has 5 heteroatoms. The number of hydrogen-bond donors (Lipinski definition) is 1. The number of piperidine rings is 1. The van der Waals surface area contributed by atoms with Crippen molar-refractivity contribution in [1.82, 2.24) is 15.1 Å². The molecule has 1 amide bonds. The quantitative estimate of drug-likeness (QED) is 0.881. The Labute approximate surface area is 108 Å². The van der Waals surface area contributed by atoms with E-state index >= 15 is 0 Å². The molecule has 2 rings (SSSR count). The molecular weight excluding hydrogens is 230 g/mol. The Morgan fingerprint density at radius 1 is 1.67 bits per heavy atom. The highest BCUT2D eigenvalue weighted by atomic mass is 16.5. The maximum Gasteiger partial charge on any atom is 0.224 e. The molecule has 1 saturated heterocycles. The molecule has 0 bridgehead atoms. The van der Waals surface area contributed by atoms with Crippen LogP contribution in [0.5, 0.6) is 0 Å². The first kappa shape index (κ1) is 13.1. The van der Waals surface area contributed by atoms with Crippen molar-refractivity contribution in [2.45, 2.75) is 32.1 Å². The predicted molar refractivity (Wildman–Crippen MR) is 68.4 cm³/mol. The number of carbonyl (C=O) groups excluding carboxylic acids is 1. The molecule has 2 heterocycles. The summed E-state index contributed by atoms with van der Waals surface area (Å²) in [4.78, 5) is 13.9. The number of rotatable bonds is 4. The van der Waals surface area contributed by atoms with Gasteiger partial charge >= 0.3 is 0 Å². The van der Waals surface area contributed by atoms with Crippen molar-refractivity contribution in [2.24, 2.45) is 0 Å². The zero-order valence-corrected chi connectivity index (χ0v) is 11.1. The molecule has 100 valence electrons. The normalized spacial score (nSPS) is 20.1. The first-order chi connectivity index (χ1) is 8.72. The van der Waals surface area contributed by atoms with Crippen LogP contribution in [0, 0.1) is 6.92 Å². The minimum atomic E-state index is 0.193. The van der Waals surface area contributed by atoms with E-state index in [1.165, 1.54) is 11.3 Å². The molecule has 1 aliphatic heterocycles. The molecule has 0 spiro atoms. The molecule has 18 heavy (non-hydrogen) atoms. The van der Waals surface area contributed by atoms with Crippen molar-refractivity contribution in [3.05, 3.63) is 17.5 Å². The number of aryl methyl sites for hydroxylation is 1. The second-order valence-corrected chi connectivity index (χ2v) is 4.89. The third-order valence-corrected chi connectivity index (χ3v) is 3.57. The third-order valence-electron chi connectivity index (χ3n) is 3.57. The number of aromatic nitrogens is 2. The Bertz CT molecular complexity index is 403. The number of H-pyrrole nitrogens is 1. The molecule has 5 nitrogen and oxygen atoms in total. The summed E-state index contributed by atoms with van der Waals surface area (Å²) in [5.41, 5.74) is 2.37. The predicted octanol–water partition coefficient (Wildman–Crippen LogP) is 1.46. The number of nitrogens with zero attached hydrogens (tertiary/aromatic N) is 2. The van der Waals surface area contributed by atoms with Crippen LogP contribution in [0.25, 0.3) is 0 Å². The third kappa shape index (κ3) is 2.90. The van der Waals surface area contributed by atoms with Crippen LogP contribution < -0.4 is 0 Å². The first-order valence-electron chi connectivity index (χ1n) is 6.49. The summed E-state index contributed by atoms with van der Waals surface area (Å²) >= 11 is 0. The number of methoxy groups -OCH3 is 1. The molecule has 1 fully saturated rings. The summed E-state index contributed by atoms with van der Waals surface area (Å²) in [6.45, 7) is 4.23. The van der Waals surface area contributed by atoms with E-state index in [1.54, 1.807) is 7.11 Å². The second-order valence-electron chi connectivity index (χ2n) is 4.89. The van der Waals surface area contributed by atoms with Crippen LogP contribution in [-0.4, -0.2) is 47.8 Å². The van der Waals surface area contributed by atoms with E-state index in [4.69, 9.17) is 4.74 Å². The van der Waals surface area contributed by atoms with E-state index < -0.39 is 0 Å². The number of carbonyl (C=O) groups is 1. The fraction of sp³-hybridized carbons (Fsp3) is 0.692. The van der Waals surface area contributed by atoms with Gasteiger partial charge in [-0.05, 0) is 25.3 Å². The van der Waals surface area contributed by atoms with Gasteiger partial charge in [0.25, 0.3) is 0 Å². The number of amides is 1. The molecule has 0 unspecified atom stereocenters. The molecule has 1 aliphatic rings. The van der Waals surface area contributed by atoms with Crippen molar-refractivity contribution >= 4 is 5.91 Å². The van der Waals surface area contributed by atoms with Crippen molar-refractivity contribution in [2.75, 3.05) is 26.8 Å². The number of aromatic amines is 1. The van der Waals surface area contributed by atoms with E-state index in [0.717, 1.165) is 25.9 Å². The Kier molecular flexibility index (Phi) is 4.36. The average molecular weight is 251 g/mol. The zero-order valence-electron chi connectivity index (χ0n) is 11.1. The van der Waals surface area contributed by atoms with Gasteiger partial charge in [-0.3, -0.25) is 9.89 Å². The van der Waals surface area contributed by atoms with Gasteiger partial charge in [-0.25, -0.2) is 0 Å². The highest BCUT2D eigenvalue weighted by Gasteiger charge is 2.26. The minimum absolute atomic E-state index is 0.193. The van der Waals surface area contributed by atoms with E-state index in [-0.39, 0.29) is 5.91 Å². The van der Waals surface area contributed by atoms with Crippen molar-refractivity contribution in [3.63, 3.8) is 0 Å². The van der Waals surface area contributed by atoms with Crippen LogP contribution in [0.2, 0.25) is 0 Å². The SMILES string of the molecule is COCCC(=O)N1CCC[C@H](c2[nH]ncc2C)C1. The van der Waals surface area contributed by atoms with Gasteiger partial charge in [0.05, 0.1) is 19.2 Å². The van der Waals surface area contributed by atoms with Crippen LogP contribution in [0.3, 0.4) is 0 Å². The molecule has 0 aromatic carbocycles. The molecule has 1 atom stereocenters. The Hall–Kier alpha value is -1.36. The average Bonchev–Trinajstić information content (AvgIpc) is 2.82. The fourth-order valence-electron chi connectivity index (χ4n) is 2.56. The zero-order chi connectivity index (χ0) is 13.0. The summed E-state index contributed by atoms with van der Waals surface area (Å²) in [6, 6.07) is 0. The summed E-state index contributed by atoms with van der Waals surface area (Å²) < 4.78 is 4.96. The Morgan fingerprint density at radius 2 is 2.50 bits per heavy atom. The standard InChI is InChI=1S/C13H21N3O2/c1-10-8-14-15-13(10)11-4-3-6-16(9-11)12(17)5-7-18-2/h8,11H,3-7,9H2,1-2H3,(H,14,15)/t11-/m0/s1. The molecule has 1 N–H and O–H groups in total. The number of likely N-dealkylation sites (tertiary alicyclic amines) is 1. The maximum atomic E-state index is 12.0. The van der Waals surface area contributed by atoms with Gasteiger partial charge in [-0.2, -0.15) is 5.10 Å². The largest absolute Gasteiger partial charge is 0.384 e. The Morgan fingerprint density at radius 3 is 3.17 bits per heavy atom. The van der Waals surface area contributed by atoms with E-state index in [2.05, 4.69) is 17.1 Å². The van der Waals surface area contributed by atoms with Gasteiger partial charge in [0.2, 0.25) is 5.91 Å². The Balaban J connectivity index is 1.96. The molecule has 1 aromatic heterocycles. The van der Waals surface area contributed by atoms with Crippen molar-refractivity contribution in [1.29, 1.82) is 0 Å². The van der Waals surface area contributed by atoms with Gasteiger partial charge in [0.15, 0.2) is 0 Å². The summed E-state index contributed by atoms with van der Waals surface area (Å²) in [6.07, 6.45) is 4.51. The summed E-state index contributed by atoms with van der Waals surface area (Å²) in [7, 11) is 1.63. The minimum Gasteiger partial charge on any atom is -0.384 e. The van der Waals surface area contributed by atoms with Crippen molar-refractivity contribution in [3.8, 4) is 0 Å². The van der Waals surface area contributed by atoms with E-state index in [9.17, 15) is 4.79 Å². The molecule has 1 aromatic rings. The van der Waals surface area contributed by atoms with Gasteiger partial charge in [0, 0.05) is 31.8 Å². The van der Waals surface area contributed by atoms with Crippen LogP contribution in [0.4, 0.5) is 0 Å². The lowest BCUT2D eigenvalue weighted by molar-refractivity contribution is -0.133. The van der Waals surface area contributed by atoms with Crippen LogP contribution in [0.1, 0.15) is 36.4 Å². The summed E-state index contributed by atoms with van der Waals surface area (Å²) in [5.74, 6) is 0.589. The topological polar surface area (TPSA) is 58.2 Å². The highest BCUT2D eigenvalue weighted by molar-refractivity contribution is 5.76. The smallest absolute Gasteiger partial charge is 0.224 e.